The van der Waals surface area contributed by atoms with Gasteiger partial charge >= 0.3 is 0 Å². The number of hydrogen-bond donors (Lipinski definition) is 1. The third kappa shape index (κ3) is 5.04. The van der Waals surface area contributed by atoms with Crippen molar-refractivity contribution in [3.8, 4) is 0 Å². The van der Waals surface area contributed by atoms with Crippen molar-refractivity contribution in [3.63, 3.8) is 0 Å². The second-order valence-corrected chi connectivity index (χ2v) is 9.11. The monoisotopic (exact) mass is 327 g/mol. The topological polar surface area (TPSA) is 63.2 Å². The molecule has 0 saturated carbocycles. The molecule has 116 valence electrons. The van der Waals surface area contributed by atoms with Crippen LogP contribution in [-0.2, 0) is 20.4 Å². The van der Waals surface area contributed by atoms with Gasteiger partial charge in [-0.3, -0.25) is 4.79 Å². The molecule has 1 aromatic carbocycles. The van der Waals surface area contributed by atoms with Crippen LogP contribution < -0.4 is 5.32 Å². The highest BCUT2D eigenvalue weighted by Gasteiger charge is 2.29. The van der Waals surface area contributed by atoms with Gasteiger partial charge in [-0.05, 0) is 25.8 Å². The quantitative estimate of drug-likeness (QED) is 0.897. The molecule has 2 rings (SSSR count). The van der Waals surface area contributed by atoms with Gasteiger partial charge in [0.05, 0.1) is 16.8 Å². The lowest BCUT2D eigenvalue weighted by Crippen LogP contribution is -2.40. The van der Waals surface area contributed by atoms with Gasteiger partial charge in [0, 0.05) is 11.8 Å². The molecule has 21 heavy (non-hydrogen) atoms. The average Bonchev–Trinajstić information content (AvgIpc) is 2.77. The van der Waals surface area contributed by atoms with Gasteiger partial charge in [0.2, 0.25) is 5.91 Å². The molecule has 1 heterocycles. The Kier molecular flexibility index (Phi) is 5.32. The summed E-state index contributed by atoms with van der Waals surface area (Å²) in [4.78, 5) is 12.1. The Morgan fingerprint density at radius 3 is 2.62 bits per heavy atom. The lowest BCUT2D eigenvalue weighted by molar-refractivity contribution is -0.120. The van der Waals surface area contributed by atoms with Crippen LogP contribution in [0.3, 0.4) is 0 Å². The van der Waals surface area contributed by atoms with Crippen molar-refractivity contribution in [2.45, 2.75) is 37.3 Å². The van der Waals surface area contributed by atoms with Crippen LogP contribution in [0.25, 0.3) is 0 Å². The van der Waals surface area contributed by atoms with E-state index in [2.05, 4.69) is 29.6 Å². The summed E-state index contributed by atoms with van der Waals surface area (Å²) < 4.78 is 22.7. The van der Waals surface area contributed by atoms with Gasteiger partial charge < -0.3 is 5.32 Å². The zero-order valence-electron chi connectivity index (χ0n) is 12.3. The van der Waals surface area contributed by atoms with Crippen LogP contribution in [-0.4, -0.2) is 37.1 Å². The van der Waals surface area contributed by atoms with Crippen LogP contribution in [0.2, 0.25) is 0 Å². The number of hydrogen-bond acceptors (Lipinski definition) is 4. The van der Waals surface area contributed by atoms with Gasteiger partial charge in [-0.2, -0.15) is 0 Å². The Morgan fingerprint density at radius 1 is 1.38 bits per heavy atom. The van der Waals surface area contributed by atoms with Crippen LogP contribution in [0.1, 0.15) is 24.5 Å². The number of nitrogens with one attached hydrogen (secondary N) is 1. The SMILES string of the molecule is Cc1ccc(CSC(C)C(=O)NC2CCS(=O)(=O)C2)cc1. The summed E-state index contributed by atoms with van der Waals surface area (Å²) in [5, 5.41) is 2.66. The Balaban J connectivity index is 1.79. The first-order valence-corrected chi connectivity index (χ1v) is 9.91. The van der Waals surface area contributed by atoms with Crippen molar-refractivity contribution in [2.24, 2.45) is 0 Å². The number of aryl methyl sites for hydroxylation is 1. The van der Waals surface area contributed by atoms with Crippen molar-refractivity contribution in [2.75, 3.05) is 11.5 Å². The minimum atomic E-state index is -2.95. The molecule has 1 aliphatic heterocycles. The van der Waals surface area contributed by atoms with Crippen molar-refractivity contribution < 1.29 is 13.2 Å². The Labute approximate surface area is 130 Å². The number of carbonyl (C=O) groups is 1. The van der Waals surface area contributed by atoms with Gasteiger partial charge in [-0.1, -0.05) is 29.8 Å². The van der Waals surface area contributed by atoms with Crippen molar-refractivity contribution in [1.82, 2.24) is 5.32 Å². The second-order valence-electron chi connectivity index (χ2n) is 5.55. The van der Waals surface area contributed by atoms with E-state index >= 15 is 0 Å². The molecule has 1 amide bonds. The largest absolute Gasteiger partial charge is 0.351 e. The van der Waals surface area contributed by atoms with E-state index in [1.54, 1.807) is 11.8 Å². The lowest BCUT2D eigenvalue weighted by atomic mass is 10.2. The summed E-state index contributed by atoms with van der Waals surface area (Å²) in [7, 11) is -2.95. The molecule has 1 aromatic rings. The van der Waals surface area contributed by atoms with E-state index in [0.29, 0.717) is 6.42 Å². The fourth-order valence-corrected chi connectivity index (χ4v) is 4.74. The molecule has 2 unspecified atom stereocenters. The summed E-state index contributed by atoms with van der Waals surface area (Å²) in [5.74, 6) is 0.962. The zero-order chi connectivity index (χ0) is 15.5. The number of rotatable bonds is 5. The highest BCUT2D eigenvalue weighted by Crippen LogP contribution is 2.19. The Morgan fingerprint density at radius 2 is 2.05 bits per heavy atom. The molecule has 4 nitrogen and oxygen atoms in total. The lowest BCUT2D eigenvalue weighted by Gasteiger charge is -2.15. The van der Waals surface area contributed by atoms with Gasteiger partial charge in [0.25, 0.3) is 0 Å². The normalized spacial score (nSPS) is 21.9. The third-order valence-corrected chi connectivity index (χ3v) is 6.55. The average molecular weight is 327 g/mol. The Hall–Kier alpha value is -1.01. The van der Waals surface area contributed by atoms with E-state index in [9.17, 15) is 13.2 Å². The summed E-state index contributed by atoms with van der Waals surface area (Å²) in [6, 6.07) is 8.03. The van der Waals surface area contributed by atoms with Gasteiger partial charge in [-0.15, -0.1) is 11.8 Å². The molecular formula is C15H21NO3S2. The summed E-state index contributed by atoms with van der Waals surface area (Å²) >= 11 is 1.57. The van der Waals surface area contributed by atoms with E-state index in [1.807, 2.05) is 13.8 Å². The predicted molar refractivity (Wildman–Crippen MR) is 87.1 cm³/mol. The maximum Gasteiger partial charge on any atom is 0.233 e. The van der Waals surface area contributed by atoms with Crippen LogP contribution in [0.5, 0.6) is 0 Å². The van der Waals surface area contributed by atoms with Crippen molar-refractivity contribution in [3.05, 3.63) is 35.4 Å². The van der Waals surface area contributed by atoms with E-state index in [0.717, 1.165) is 5.75 Å². The number of amides is 1. The molecule has 0 aromatic heterocycles. The molecule has 1 fully saturated rings. The van der Waals surface area contributed by atoms with Gasteiger partial charge in [0.1, 0.15) is 0 Å². The molecule has 0 aliphatic carbocycles. The molecule has 0 spiro atoms. The van der Waals surface area contributed by atoms with Gasteiger partial charge in [-0.25, -0.2) is 8.42 Å². The summed E-state index contributed by atoms with van der Waals surface area (Å²) in [5.41, 5.74) is 2.41. The number of thioether (sulfide) groups is 1. The maximum absolute atomic E-state index is 12.1. The standard InChI is InChI=1S/C15H21NO3S2/c1-11-3-5-13(6-4-11)9-20-12(2)15(17)16-14-7-8-21(18,19)10-14/h3-6,12,14H,7-10H2,1-2H3,(H,16,17). The second kappa shape index (κ2) is 6.83. The molecule has 1 saturated heterocycles. The molecular weight excluding hydrogens is 306 g/mol. The first-order chi connectivity index (χ1) is 9.85. The van der Waals surface area contributed by atoms with Crippen LogP contribution in [0, 0.1) is 6.92 Å². The maximum atomic E-state index is 12.1. The smallest absolute Gasteiger partial charge is 0.233 e. The fourth-order valence-electron chi connectivity index (χ4n) is 2.21. The third-order valence-electron chi connectivity index (χ3n) is 3.57. The molecule has 2 atom stereocenters. The molecule has 1 N–H and O–H groups in total. The molecule has 1 aliphatic rings. The fraction of sp³-hybridized carbons (Fsp3) is 0.533. The minimum Gasteiger partial charge on any atom is -0.351 e. The van der Waals surface area contributed by atoms with Crippen LogP contribution in [0.15, 0.2) is 24.3 Å². The van der Waals surface area contributed by atoms with Crippen LogP contribution in [0.4, 0.5) is 0 Å². The van der Waals surface area contributed by atoms with E-state index in [-0.39, 0.29) is 28.7 Å². The van der Waals surface area contributed by atoms with Gasteiger partial charge in [0.15, 0.2) is 9.84 Å². The minimum absolute atomic E-state index is 0.0748. The van der Waals surface area contributed by atoms with E-state index in [4.69, 9.17) is 0 Å². The first-order valence-electron chi connectivity index (χ1n) is 7.04. The molecule has 6 heteroatoms. The number of carbonyl (C=O) groups excluding carboxylic acids is 1. The first kappa shape index (κ1) is 16.4. The summed E-state index contributed by atoms with van der Waals surface area (Å²) in [6.45, 7) is 3.90. The number of benzene rings is 1. The van der Waals surface area contributed by atoms with Crippen molar-refractivity contribution in [1.29, 1.82) is 0 Å². The Bertz CT molecular complexity index is 596. The zero-order valence-corrected chi connectivity index (χ0v) is 14.0. The summed E-state index contributed by atoms with van der Waals surface area (Å²) in [6.07, 6.45) is 0.531. The number of sulfone groups is 1. The molecule has 0 radical (unpaired) electrons. The highest BCUT2D eigenvalue weighted by molar-refractivity contribution is 7.99. The highest BCUT2D eigenvalue weighted by atomic mass is 32.2. The van der Waals surface area contributed by atoms with E-state index < -0.39 is 9.84 Å². The predicted octanol–water partition coefficient (Wildman–Crippen LogP) is 1.92. The van der Waals surface area contributed by atoms with E-state index in [1.165, 1.54) is 11.1 Å². The molecule has 0 bridgehead atoms. The van der Waals surface area contributed by atoms with Crippen LogP contribution >= 0.6 is 11.8 Å². The van der Waals surface area contributed by atoms with Crippen molar-refractivity contribution >= 4 is 27.5 Å².